The van der Waals surface area contributed by atoms with Gasteiger partial charge in [0.25, 0.3) is 0 Å². The number of thioether (sulfide) groups is 1. The molecule has 29 heavy (non-hydrogen) atoms. The topological polar surface area (TPSA) is 28.0 Å². The van der Waals surface area contributed by atoms with Crippen LogP contribution in [0.1, 0.15) is 18.1 Å². The molecular formula is C23H19BrClN3S. The molecule has 146 valence electrons. The Bertz CT molecular complexity index is 1050. The minimum absolute atomic E-state index is 0. The predicted octanol–water partition coefficient (Wildman–Crippen LogP) is 7.25. The van der Waals surface area contributed by atoms with E-state index in [9.17, 15) is 0 Å². The van der Waals surface area contributed by atoms with Gasteiger partial charge in [0.05, 0.1) is 11.4 Å². The summed E-state index contributed by atoms with van der Waals surface area (Å²) in [5.74, 6) is 0. The fourth-order valence-corrected chi connectivity index (χ4v) is 3.73. The number of aliphatic imine (C=N–C) groups is 1. The molecule has 0 N–H and O–H groups in total. The van der Waals surface area contributed by atoms with Crippen LogP contribution in [0.15, 0.2) is 100 Å². The number of amidine groups is 1. The Labute approximate surface area is 190 Å². The highest BCUT2D eigenvalue weighted by atomic mass is 79.9. The molecule has 0 saturated heterocycles. The van der Waals surface area contributed by atoms with Gasteiger partial charge in [0, 0.05) is 21.7 Å². The maximum Gasteiger partial charge on any atom is 0.211 e. The van der Waals surface area contributed by atoms with E-state index in [1.165, 1.54) is 11.8 Å². The van der Waals surface area contributed by atoms with E-state index in [4.69, 9.17) is 21.7 Å². The van der Waals surface area contributed by atoms with Gasteiger partial charge in [0.15, 0.2) is 0 Å². The summed E-state index contributed by atoms with van der Waals surface area (Å²) in [6.45, 7) is 1.98. The first-order chi connectivity index (χ1) is 13.7. The number of nitrogens with zero attached hydrogens (tertiary/aromatic N) is 3. The molecule has 4 rings (SSSR count). The summed E-state index contributed by atoms with van der Waals surface area (Å²) >= 11 is 7.51. The molecule has 0 bridgehead atoms. The van der Waals surface area contributed by atoms with E-state index in [1.807, 2.05) is 84.7 Å². The van der Waals surface area contributed by atoms with Crippen LogP contribution >= 0.6 is 40.3 Å². The van der Waals surface area contributed by atoms with Crippen molar-refractivity contribution in [1.29, 1.82) is 0 Å². The molecule has 1 aliphatic rings. The molecule has 0 aliphatic carbocycles. The van der Waals surface area contributed by atoms with Gasteiger partial charge in [0.1, 0.15) is 0 Å². The summed E-state index contributed by atoms with van der Waals surface area (Å²) < 4.78 is 0. The lowest BCUT2D eigenvalue weighted by Crippen LogP contribution is -2.19. The van der Waals surface area contributed by atoms with Gasteiger partial charge in [-0.2, -0.15) is 0 Å². The Hall–Kier alpha value is -2.34. The van der Waals surface area contributed by atoms with Crippen molar-refractivity contribution in [2.75, 3.05) is 5.01 Å². The fraction of sp³-hybridized carbons (Fsp3) is 0.0435. The van der Waals surface area contributed by atoms with Crippen molar-refractivity contribution in [3.05, 3.63) is 106 Å². The number of benzene rings is 3. The van der Waals surface area contributed by atoms with Crippen LogP contribution in [0.2, 0.25) is 5.02 Å². The van der Waals surface area contributed by atoms with Gasteiger partial charge in [-0.05, 0) is 36.8 Å². The average Bonchev–Trinajstić information content (AvgIpc) is 2.75. The zero-order valence-corrected chi connectivity index (χ0v) is 19.0. The van der Waals surface area contributed by atoms with Crippen LogP contribution < -0.4 is 5.01 Å². The van der Waals surface area contributed by atoms with Crippen LogP contribution in [-0.2, 0) is 0 Å². The lowest BCUT2D eigenvalue weighted by Gasteiger charge is -2.26. The maximum absolute atomic E-state index is 5.99. The molecule has 0 saturated carbocycles. The molecule has 1 heterocycles. The lowest BCUT2D eigenvalue weighted by atomic mass is 10.1. The van der Waals surface area contributed by atoms with Crippen molar-refractivity contribution < 1.29 is 0 Å². The minimum Gasteiger partial charge on any atom is -0.230 e. The fourth-order valence-electron chi connectivity index (χ4n) is 2.83. The van der Waals surface area contributed by atoms with E-state index in [1.54, 1.807) is 0 Å². The molecule has 3 aromatic rings. The average molecular weight is 485 g/mol. The van der Waals surface area contributed by atoms with Gasteiger partial charge in [-0.3, -0.25) is 0 Å². The van der Waals surface area contributed by atoms with Gasteiger partial charge in [-0.15, -0.1) is 22.1 Å². The number of anilines is 1. The van der Waals surface area contributed by atoms with E-state index in [0.29, 0.717) is 10.2 Å². The molecular weight excluding hydrogens is 466 g/mol. The monoisotopic (exact) mass is 483 g/mol. The number of para-hydroxylation sites is 1. The van der Waals surface area contributed by atoms with Crippen LogP contribution in [0.3, 0.4) is 0 Å². The molecule has 1 aliphatic heterocycles. The molecule has 0 aromatic heterocycles. The molecule has 3 aromatic carbocycles. The molecule has 0 amide bonds. The third-order valence-corrected chi connectivity index (χ3v) is 5.26. The number of hydrogen-bond donors (Lipinski definition) is 0. The van der Waals surface area contributed by atoms with E-state index >= 15 is 0 Å². The summed E-state index contributed by atoms with van der Waals surface area (Å²) in [7, 11) is 0. The van der Waals surface area contributed by atoms with E-state index in [2.05, 4.69) is 17.5 Å². The molecule has 0 atom stereocenters. The second-order valence-electron chi connectivity index (χ2n) is 6.22. The normalized spacial score (nSPS) is 14.0. The second-order valence-corrected chi connectivity index (χ2v) is 7.49. The minimum atomic E-state index is 0. The SMILES string of the molecule is Br.C/C(=N\C1=NN(c2ccccc2)C(c2ccccc2)=CS1)c1ccc(Cl)cc1. The van der Waals surface area contributed by atoms with E-state index < -0.39 is 0 Å². The zero-order chi connectivity index (χ0) is 19.3. The van der Waals surface area contributed by atoms with Crippen molar-refractivity contribution in [2.45, 2.75) is 6.92 Å². The lowest BCUT2D eigenvalue weighted by molar-refractivity contribution is 1.09. The third kappa shape index (κ3) is 5.18. The summed E-state index contributed by atoms with van der Waals surface area (Å²) in [4.78, 5) is 4.74. The van der Waals surface area contributed by atoms with Gasteiger partial charge in [-0.1, -0.05) is 84.0 Å². The molecule has 3 nitrogen and oxygen atoms in total. The van der Waals surface area contributed by atoms with Crippen molar-refractivity contribution in [3.63, 3.8) is 0 Å². The smallest absolute Gasteiger partial charge is 0.211 e. The van der Waals surface area contributed by atoms with Crippen LogP contribution in [-0.4, -0.2) is 10.9 Å². The Morgan fingerprint density at radius 1 is 0.897 bits per heavy atom. The predicted molar refractivity (Wildman–Crippen MR) is 132 cm³/mol. The number of halogens is 2. The van der Waals surface area contributed by atoms with Gasteiger partial charge in [0.2, 0.25) is 5.17 Å². The van der Waals surface area contributed by atoms with Crippen molar-refractivity contribution >= 4 is 62.6 Å². The van der Waals surface area contributed by atoms with Crippen molar-refractivity contribution in [1.82, 2.24) is 0 Å². The first kappa shape index (κ1) is 21.4. The molecule has 6 heteroatoms. The quantitative estimate of drug-likeness (QED) is 0.366. The summed E-state index contributed by atoms with van der Waals surface area (Å²) in [6, 6.07) is 28.1. The third-order valence-electron chi connectivity index (χ3n) is 4.29. The van der Waals surface area contributed by atoms with Gasteiger partial charge >= 0.3 is 0 Å². The zero-order valence-electron chi connectivity index (χ0n) is 15.7. The van der Waals surface area contributed by atoms with Crippen LogP contribution in [0.5, 0.6) is 0 Å². The summed E-state index contributed by atoms with van der Waals surface area (Å²) in [5, 5.41) is 10.3. The molecule has 0 fully saturated rings. The Morgan fingerprint density at radius 3 is 2.17 bits per heavy atom. The summed E-state index contributed by atoms with van der Waals surface area (Å²) in [5.41, 5.74) is 5.05. The van der Waals surface area contributed by atoms with E-state index in [-0.39, 0.29) is 17.0 Å². The Morgan fingerprint density at radius 2 is 1.52 bits per heavy atom. The highest BCUT2D eigenvalue weighted by Crippen LogP contribution is 2.33. The Kier molecular flexibility index (Phi) is 7.31. The largest absolute Gasteiger partial charge is 0.230 e. The van der Waals surface area contributed by atoms with Gasteiger partial charge in [-0.25, -0.2) is 10.0 Å². The number of rotatable bonds is 3. The van der Waals surface area contributed by atoms with Gasteiger partial charge < -0.3 is 0 Å². The molecule has 0 spiro atoms. The maximum atomic E-state index is 5.99. The highest BCUT2D eigenvalue weighted by molar-refractivity contribution is 8.93. The standard InChI is InChI=1S/C23H18ClN3S.BrH/c1-17(18-12-14-20(24)15-13-18)25-23-26-27(21-10-6-3-7-11-21)22(16-28-23)19-8-4-2-5-9-19;/h2-16H,1H3;1H/b25-17+;. The summed E-state index contributed by atoms with van der Waals surface area (Å²) in [6.07, 6.45) is 0. The molecule has 0 radical (unpaired) electrons. The van der Waals surface area contributed by atoms with Crippen LogP contribution in [0.25, 0.3) is 5.70 Å². The first-order valence-corrected chi connectivity index (χ1v) is 10.1. The molecule has 0 unspecified atom stereocenters. The second kappa shape index (κ2) is 9.92. The number of hydrogen-bond acceptors (Lipinski definition) is 4. The van der Waals surface area contributed by atoms with Crippen molar-refractivity contribution in [3.8, 4) is 0 Å². The van der Waals surface area contributed by atoms with Crippen LogP contribution in [0.4, 0.5) is 5.69 Å². The highest BCUT2D eigenvalue weighted by Gasteiger charge is 2.19. The number of hydrazone groups is 1. The first-order valence-electron chi connectivity index (χ1n) is 8.88. The van der Waals surface area contributed by atoms with E-state index in [0.717, 1.165) is 28.2 Å². The van der Waals surface area contributed by atoms with Crippen molar-refractivity contribution in [2.24, 2.45) is 10.1 Å². The Balaban J connectivity index is 0.00000240. The van der Waals surface area contributed by atoms with Crippen LogP contribution in [0, 0.1) is 0 Å².